The van der Waals surface area contributed by atoms with Crippen molar-refractivity contribution < 1.29 is 4.79 Å². The SMILES string of the molecule is C[C@H](NC(=O)CN1CCCN(c2nc3ccccc3[nH]2)CC1)C1CC1. The first-order chi connectivity index (χ1) is 12.2. The number of para-hydroxylation sites is 2. The molecule has 134 valence electrons. The molecular weight excluding hydrogens is 314 g/mol. The lowest BCUT2D eigenvalue weighted by atomic mass is 10.2. The maximum Gasteiger partial charge on any atom is 0.234 e. The van der Waals surface area contributed by atoms with E-state index in [2.05, 4.69) is 33.1 Å². The van der Waals surface area contributed by atoms with Crippen LogP contribution in [0.2, 0.25) is 0 Å². The lowest BCUT2D eigenvalue weighted by Gasteiger charge is -2.22. The van der Waals surface area contributed by atoms with E-state index < -0.39 is 0 Å². The third-order valence-electron chi connectivity index (χ3n) is 5.35. The molecule has 0 bridgehead atoms. The fourth-order valence-corrected chi connectivity index (χ4v) is 3.65. The highest BCUT2D eigenvalue weighted by Crippen LogP contribution is 2.32. The second kappa shape index (κ2) is 7.04. The zero-order valence-electron chi connectivity index (χ0n) is 14.9. The van der Waals surface area contributed by atoms with Gasteiger partial charge >= 0.3 is 0 Å². The van der Waals surface area contributed by atoms with Crippen LogP contribution in [0.1, 0.15) is 26.2 Å². The summed E-state index contributed by atoms with van der Waals surface area (Å²) in [5.41, 5.74) is 2.08. The zero-order chi connectivity index (χ0) is 17.2. The Balaban J connectivity index is 1.32. The molecule has 2 N–H and O–H groups in total. The molecule has 1 aliphatic carbocycles. The number of carbonyl (C=O) groups is 1. The van der Waals surface area contributed by atoms with Crippen LogP contribution in [0.5, 0.6) is 0 Å². The summed E-state index contributed by atoms with van der Waals surface area (Å²) in [6, 6.07) is 8.45. The molecule has 6 heteroatoms. The van der Waals surface area contributed by atoms with Crippen LogP contribution in [0.3, 0.4) is 0 Å². The van der Waals surface area contributed by atoms with Crippen molar-refractivity contribution in [1.29, 1.82) is 0 Å². The molecule has 2 heterocycles. The summed E-state index contributed by atoms with van der Waals surface area (Å²) in [4.78, 5) is 24.9. The van der Waals surface area contributed by atoms with E-state index in [0.29, 0.717) is 18.5 Å². The van der Waals surface area contributed by atoms with Crippen molar-refractivity contribution in [3.63, 3.8) is 0 Å². The van der Waals surface area contributed by atoms with Gasteiger partial charge in [-0.05, 0) is 44.2 Å². The lowest BCUT2D eigenvalue weighted by Crippen LogP contribution is -2.43. The van der Waals surface area contributed by atoms with Crippen LogP contribution in [0.15, 0.2) is 24.3 Å². The molecule has 2 aliphatic rings. The van der Waals surface area contributed by atoms with E-state index in [1.165, 1.54) is 12.8 Å². The molecule has 1 atom stereocenters. The molecule has 1 aliphatic heterocycles. The first kappa shape index (κ1) is 16.4. The van der Waals surface area contributed by atoms with Gasteiger partial charge in [0, 0.05) is 32.2 Å². The molecule has 0 radical (unpaired) electrons. The summed E-state index contributed by atoms with van der Waals surface area (Å²) in [5, 5.41) is 3.16. The van der Waals surface area contributed by atoms with Crippen molar-refractivity contribution in [2.75, 3.05) is 37.6 Å². The number of nitrogens with one attached hydrogen (secondary N) is 2. The fraction of sp³-hybridized carbons (Fsp3) is 0.579. The number of hydrogen-bond acceptors (Lipinski definition) is 4. The summed E-state index contributed by atoms with van der Waals surface area (Å²) in [6.45, 7) is 6.35. The minimum Gasteiger partial charge on any atom is -0.352 e. The quantitative estimate of drug-likeness (QED) is 0.873. The van der Waals surface area contributed by atoms with Crippen LogP contribution >= 0.6 is 0 Å². The predicted octanol–water partition coefficient (Wildman–Crippen LogP) is 1.99. The molecule has 2 fully saturated rings. The van der Waals surface area contributed by atoms with Crippen LogP contribution in [0, 0.1) is 5.92 Å². The van der Waals surface area contributed by atoms with Crippen LogP contribution in [0.25, 0.3) is 11.0 Å². The van der Waals surface area contributed by atoms with E-state index >= 15 is 0 Å². The third-order valence-corrected chi connectivity index (χ3v) is 5.35. The van der Waals surface area contributed by atoms with Gasteiger partial charge < -0.3 is 15.2 Å². The van der Waals surface area contributed by atoms with Gasteiger partial charge in [0.05, 0.1) is 17.6 Å². The Bertz CT molecular complexity index is 705. The Hall–Kier alpha value is -2.08. The second-order valence-corrected chi connectivity index (χ2v) is 7.39. The van der Waals surface area contributed by atoms with Crippen molar-refractivity contribution in [1.82, 2.24) is 20.2 Å². The highest BCUT2D eigenvalue weighted by atomic mass is 16.2. The van der Waals surface area contributed by atoms with Crippen molar-refractivity contribution >= 4 is 22.9 Å². The summed E-state index contributed by atoms with van der Waals surface area (Å²) in [7, 11) is 0. The largest absolute Gasteiger partial charge is 0.352 e. The standard InChI is InChI=1S/C19H27N5O/c1-14(15-7-8-15)20-18(25)13-23-9-4-10-24(12-11-23)19-21-16-5-2-3-6-17(16)22-19/h2-3,5-6,14-15H,4,7-13H2,1H3,(H,20,25)(H,21,22)/t14-/m0/s1. The number of benzene rings is 1. The number of nitrogens with zero attached hydrogens (tertiary/aromatic N) is 3. The predicted molar refractivity (Wildman–Crippen MR) is 99.7 cm³/mol. The van der Waals surface area contributed by atoms with E-state index in [0.717, 1.165) is 49.6 Å². The highest BCUT2D eigenvalue weighted by molar-refractivity contribution is 5.78. The van der Waals surface area contributed by atoms with E-state index in [9.17, 15) is 4.79 Å². The van der Waals surface area contributed by atoms with Gasteiger partial charge in [0.1, 0.15) is 0 Å². The summed E-state index contributed by atoms with van der Waals surface area (Å²) in [6.07, 6.45) is 3.57. The van der Waals surface area contributed by atoms with E-state index in [1.807, 2.05) is 18.2 Å². The molecule has 6 nitrogen and oxygen atoms in total. The summed E-state index contributed by atoms with van der Waals surface area (Å²) in [5.74, 6) is 1.81. The first-order valence-electron chi connectivity index (χ1n) is 9.40. The number of H-pyrrole nitrogens is 1. The average molecular weight is 341 g/mol. The fourth-order valence-electron chi connectivity index (χ4n) is 3.65. The van der Waals surface area contributed by atoms with Crippen LogP contribution in [-0.4, -0.2) is 59.5 Å². The average Bonchev–Trinajstić information content (AvgIpc) is 3.39. The van der Waals surface area contributed by atoms with Gasteiger partial charge in [0.2, 0.25) is 11.9 Å². The number of rotatable bonds is 5. The van der Waals surface area contributed by atoms with E-state index in [-0.39, 0.29) is 5.91 Å². The molecule has 1 saturated heterocycles. The number of hydrogen-bond donors (Lipinski definition) is 2. The molecular formula is C19H27N5O. The smallest absolute Gasteiger partial charge is 0.234 e. The monoisotopic (exact) mass is 341 g/mol. The Morgan fingerprint density at radius 3 is 2.92 bits per heavy atom. The maximum atomic E-state index is 12.3. The summed E-state index contributed by atoms with van der Waals surface area (Å²) < 4.78 is 0. The molecule has 0 spiro atoms. The van der Waals surface area contributed by atoms with Crippen molar-refractivity contribution in [2.24, 2.45) is 5.92 Å². The molecule has 2 aromatic rings. The van der Waals surface area contributed by atoms with Gasteiger partial charge in [0.15, 0.2) is 0 Å². The van der Waals surface area contributed by atoms with Gasteiger partial charge in [-0.15, -0.1) is 0 Å². The van der Waals surface area contributed by atoms with E-state index in [1.54, 1.807) is 0 Å². The van der Waals surface area contributed by atoms with Crippen molar-refractivity contribution in [3.8, 4) is 0 Å². The molecule has 4 rings (SSSR count). The number of fused-ring (bicyclic) bond motifs is 1. The van der Waals surface area contributed by atoms with Gasteiger partial charge in [-0.25, -0.2) is 4.98 Å². The number of imidazole rings is 1. The minimum absolute atomic E-state index is 0.164. The molecule has 0 unspecified atom stereocenters. The number of amides is 1. The van der Waals surface area contributed by atoms with Crippen molar-refractivity contribution in [3.05, 3.63) is 24.3 Å². The third kappa shape index (κ3) is 3.95. The molecule has 1 aromatic heterocycles. The normalized spacial score (nSPS) is 20.4. The lowest BCUT2D eigenvalue weighted by molar-refractivity contribution is -0.122. The van der Waals surface area contributed by atoms with Crippen LogP contribution < -0.4 is 10.2 Å². The van der Waals surface area contributed by atoms with Gasteiger partial charge in [0.25, 0.3) is 0 Å². The number of anilines is 1. The molecule has 25 heavy (non-hydrogen) atoms. The molecule has 1 saturated carbocycles. The Morgan fingerprint density at radius 2 is 2.12 bits per heavy atom. The zero-order valence-corrected chi connectivity index (χ0v) is 14.9. The van der Waals surface area contributed by atoms with Gasteiger partial charge in [-0.3, -0.25) is 9.69 Å². The van der Waals surface area contributed by atoms with Gasteiger partial charge in [-0.1, -0.05) is 12.1 Å². The van der Waals surface area contributed by atoms with Crippen LogP contribution in [0.4, 0.5) is 5.95 Å². The molecule has 1 aromatic carbocycles. The number of carbonyl (C=O) groups excluding carboxylic acids is 1. The molecule has 1 amide bonds. The number of aromatic amines is 1. The second-order valence-electron chi connectivity index (χ2n) is 7.39. The Morgan fingerprint density at radius 1 is 1.28 bits per heavy atom. The Kier molecular flexibility index (Phi) is 4.61. The summed E-state index contributed by atoms with van der Waals surface area (Å²) >= 11 is 0. The van der Waals surface area contributed by atoms with E-state index in [4.69, 9.17) is 4.98 Å². The van der Waals surface area contributed by atoms with Crippen LogP contribution in [-0.2, 0) is 4.79 Å². The first-order valence-corrected chi connectivity index (χ1v) is 9.40. The number of aromatic nitrogens is 2. The maximum absolute atomic E-state index is 12.3. The van der Waals surface area contributed by atoms with Crippen molar-refractivity contribution in [2.45, 2.75) is 32.2 Å². The highest BCUT2D eigenvalue weighted by Gasteiger charge is 2.29. The van der Waals surface area contributed by atoms with Gasteiger partial charge in [-0.2, -0.15) is 0 Å². The Labute approximate surface area is 148 Å². The minimum atomic E-state index is 0.164. The topological polar surface area (TPSA) is 64.3 Å².